The van der Waals surface area contributed by atoms with Crippen LogP contribution in [0.5, 0.6) is 0 Å². The van der Waals surface area contributed by atoms with E-state index in [0.717, 1.165) is 0 Å². The number of nitro groups is 1. The zero-order valence-corrected chi connectivity index (χ0v) is 13.4. The number of halogens is 3. The number of nitro benzene ring substituents is 1. The van der Waals surface area contributed by atoms with Gasteiger partial charge in [-0.05, 0) is 18.6 Å². The van der Waals surface area contributed by atoms with E-state index >= 15 is 0 Å². The molecule has 0 fully saturated rings. The SMILES string of the molecule is CCCC(=O)N[C@@H](Nc1ccc([N+](=O)[O-])cc1)C(Cl)(Cl)Cl. The molecule has 0 bridgehead atoms. The van der Waals surface area contributed by atoms with E-state index in [1.165, 1.54) is 24.3 Å². The van der Waals surface area contributed by atoms with E-state index in [-0.39, 0.29) is 11.6 Å². The smallest absolute Gasteiger partial charge is 0.269 e. The summed E-state index contributed by atoms with van der Waals surface area (Å²) >= 11 is 17.5. The van der Waals surface area contributed by atoms with Crippen molar-refractivity contribution in [3.8, 4) is 0 Å². The van der Waals surface area contributed by atoms with Crippen LogP contribution in [0.4, 0.5) is 11.4 Å². The summed E-state index contributed by atoms with van der Waals surface area (Å²) in [5, 5.41) is 16.0. The van der Waals surface area contributed by atoms with E-state index in [2.05, 4.69) is 10.6 Å². The highest BCUT2D eigenvalue weighted by Crippen LogP contribution is 2.31. The normalized spacial score (nSPS) is 12.6. The second kappa shape index (κ2) is 7.68. The van der Waals surface area contributed by atoms with E-state index in [9.17, 15) is 14.9 Å². The molecular weight excluding hydrogens is 341 g/mol. The third-order valence-corrected chi connectivity index (χ3v) is 3.15. The van der Waals surface area contributed by atoms with E-state index < -0.39 is 14.9 Å². The molecule has 0 aromatic heterocycles. The molecule has 0 spiro atoms. The minimum Gasteiger partial charge on any atom is -0.362 e. The Morgan fingerprint density at radius 1 is 1.33 bits per heavy atom. The molecule has 0 saturated heterocycles. The Bertz CT molecular complexity index is 503. The van der Waals surface area contributed by atoms with Crippen LogP contribution in [-0.2, 0) is 4.79 Å². The molecule has 1 aromatic carbocycles. The Kier molecular flexibility index (Phi) is 6.51. The summed E-state index contributed by atoms with van der Waals surface area (Å²) in [7, 11) is 0. The van der Waals surface area contributed by atoms with Gasteiger partial charge >= 0.3 is 0 Å². The Hall–Kier alpha value is -1.24. The van der Waals surface area contributed by atoms with Crippen LogP contribution in [0.3, 0.4) is 0 Å². The third kappa shape index (κ3) is 5.95. The summed E-state index contributed by atoms with van der Waals surface area (Å²) in [6.45, 7) is 1.85. The Morgan fingerprint density at radius 2 is 1.90 bits per heavy atom. The lowest BCUT2D eigenvalue weighted by molar-refractivity contribution is -0.384. The van der Waals surface area contributed by atoms with Gasteiger partial charge in [-0.25, -0.2) is 0 Å². The first-order chi connectivity index (χ1) is 9.74. The summed E-state index contributed by atoms with van der Waals surface area (Å²) in [4.78, 5) is 21.7. The van der Waals surface area contributed by atoms with Crippen molar-refractivity contribution in [3.63, 3.8) is 0 Å². The van der Waals surface area contributed by atoms with Gasteiger partial charge in [-0.2, -0.15) is 0 Å². The van der Waals surface area contributed by atoms with E-state index in [4.69, 9.17) is 34.8 Å². The average Bonchev–Trinajstić information content (AvgIpc) is 2.37. The van der Waals surface area contributed by atoms with Crippen molar-refractivity contribution in [3.05, 3.63) is 34.4 Å². The fraction of sp³-hybridized carbons (Fsp3) is 0.417. The fourth-order valence-corrected chi connectivity index (χ4v) is 1.83. The third-order valence-electron chi connectivity index (χ3n) is 2.50. The van der Waals surface area contributed by atoms with Gasteiger partial charge < -0.3 is 10.6 Å². The summed E-state index contributed by atoms with van der Waals surface area (Å²) < 4.78 is -1.77. The van der Waals surface area contributed by atoms with Crippen LogP contribution < -0.4 is 10.6 Å². The number of carbonyl (C=O) groups excluding carboxylic acids is 1. The van der Waals surface area contributed by atoms with Crippen LogP contribution in [0.2, 0.25) is 0 Å². The largest absolute Gasteiger partial charge is 0.362 e. The number of alkyl halides is 3. The number of carbonyl (C=O) groups is 1. The second-order valence-electron chi connectivity index (χ2n) is 4.24. The first-order valence-corrected chi connectivity index (χ1v) is 7.24. The van der Waals surface area contributed by atoms with Crippen LogP contribution in [0.1, 0.15) is 19.8 Å². The van der Waals surface area contributed by atoms with Crippen molar-refractivity contribution >= 4 is 52.1 Å². The van der Waals surface area contributed by atoms with Gasteiger partial charge in [-0.3, -0.25) is 14.9 Å². The van der Waals surface area contributed by atoms with Gasteiger partial charge in [0.1, 0.15) is 6.17 Å². The molecule has 0 unspecified atom stereocenters. The molecule has 1 rings (SSSR count). The highest BCUT2D eigenvalue weighted by molar-refractivity contribution is 6.68. The number of benzene rings is 1. The predicted octanol–water partition coefficient (Wildman–Crippen LogP) is 3.62. The number of hydrogen-bond acceptors (Lipinski definition) is 4. The van der Waals surface area contributed by atoms with Crippen LogP contribution in [0, 0.1) is 10.1 Å². The molecule has 0 heterocycles. The molecule has 0 aliphatic heterocycles. The van der Waals surface area contributed by atoms with Gasteiger partial charge in [0.2, 0.25) is 9.70 Å². The number of non-ortho nitro benzene ring substituents is 1. The first kappa shape index (κ1) is 17.8. The van der Waals surface area contributed by atoms with Crippen molar-refractivity contribution < 1.29 is 9.72 Å². The Morgan fingerprint density at radius 3 is 2.33 bits per heavy atom. The van der Waals surface area contributed by atoms with E-state index in [1.54, 1.807) is 0 Å². The molecular formula is C12H14Cl3N3O3. The molecule has 1 amide bonds. The summed E-state index contributed by atoms with van der Waals surface area (Å²) in [5.74, 6) is -0.261. The van der Waals surface area contributed by atoms with Crippen molar-refractivity contribution in [2.75, 3.05) is 5.32 Å². The number of nitrogens with one attached hydrogen (secondary N) is 2. The zero-order chi connectivity index (χ0) is 16.0. The summed E-state index contributed by atoms with van der Waals surface area (Å²) in [6.07, 6.45) is 0.0118. The first-order valence-electron chi connectivity index (χ1n) is 6.11. The van der Waals surface area contributed by atoms with Gasteiger partial charge in [0.15, 0.2) is 0 Å². The molecule has 116 valence electrons. The van der Waals surface area contributed by atoms with Crippen LogP contribution >= 0.6 is 34.8 Å². The summed E-state index contributed by atoms with van der Waals surface area (Å²) in [5.41, 5.74) is 0.426. The van der Waals surface area contributed by atoms with E-state index in [1.807, 2.05) is 6.92 Å². The average molecular weight is 355 g/mol. The van der Waals surface area contributed by atoms with Crippen molar-refractivity contribution in [1.82, 2.24) is 5.32 Å². The van der Waals surface area contributed by atoms with Crippen molar-refractivity contribution in [1.29, 1.82) is 0 Å². The Labute approximate surface area is 136 Å². The van der Waals surface area contributed by atoms with Gasteiger partial charge in [0.05, 0.1) is 4.92 Å². The van der Waals surface area contributed by atoms with Crippen molar-refractivity contribution in [2.24, 2.45) is 0 Å². The quantitative estimate of drug-likeness (QED) is 0.354. The maximum absolute atomic E-state index is 11.6. The molecule has 1 atom stereocenters. The molecule has 0 aliphatic carbocycles. The second-order valence-corrected chi connectivity index (χ2v) is 6.61. The van der Waals surface area contributed by atoms with E-state index in [0.29, 0.717) is 18.5 Å². The molecule has 9 heteroatoms. The topological polar surface area (TPSA) is 84.3 Å². The highest BCUT2D eigenvalue weighted by atomic mass is 35.6. The Balaban J connectivity index is 2.81. The van der Waals surface area contributed by atoms with Crippen molar-refractivity contribution in [2.45, 2.75) is 29.7 Å². The van der Waals surface area contributed by atoms with Gasteiger partial charge in [0, 0.05) is 24.2 Å². The lowest BCUT2D eigenvalue weighted by atomic mass is 10.2. The van der Waals surface area contributed by atoms with Crippen LogP contribution in [0.25, 0.3) is 0 Å². The number of nitrogens with zero attached hydrogens (tertiary/aromatic N) is 1. The lowest BCUT2D eigenvalue weighted by Gasteiger charge is -2.27. The number of rotatable bonds is 6. The van der Waals surface area contributed by atoms with Crippen LogP contribution in [-0.4, -0.2) is 20.8 Å². The molecule has 2 N–H and O–H groups in total. The predicted molar refractivity (Wildman–Crippen MR) is 83.8 cm³/mol. The zero-order valence-electron chi connectivity index (χ0n) is 11.1. The molecule has 0 aliphatic rings. The number of hydrogen-bond donors (Lipinski definition) is 2. The minimum absolute atomic E-state index is 0.0546. The summed E-state index contributed by atoms with van der Waals surface area (Å²) in [6, 6.07) is 5.55. The number of anilines is 1. The maximum atomic E-state index is 11.6. The molecule has 21 heavy (non-hydrogen) atoms. The number of amides is 1. The van der Waals surface area contributed by atoms with Gasteiger partial charge in [-0.1, -0.05) is 41.7 Å². The highest BCUT2D eigenvalue weighted by Gasteiger charge is 2.33. The molecule has 1 aromatic rings. The molecule has 0 saturated carbocycles. The fourth-order valence-electron chi connectivity index (χ4n) is 1.51. The van der Waals surface area contributed by atoms with Gasteiger partial charge in [-0.15, -0.1) is 0 Å². The lowest BCUT2D eigenvalue weighted by Crippen LogP contribution is -2.49. The molecule has 6 nitrogen and oxygen atoms in total. The maximum Gasteiger partial charge on any atom is 0.269 e. The van der Waals surface area contributed by atoms with Gasteiger partial charge in [0.25, 0.3) is 5.69 Å². The monoisotopic (exact) mass is 353 g/mol. The minimum atomic E-state index is -1.77. The standard InChI is InChI=1S/C12H14Cl3N3O3/c1-2-3-10(19)17-11(12(13,14)15)16-8-4-6-9(7-5-8)18(20)21/h4-7,11,16H,2-3H2,1H3,(H,17,19)/t11-/m1/s1. The van der Waals surface area contributed by atoms with Crippen LogP contribution in [0.15, 0.2) is 24.3 Å². The molecule has 0 radical (unpaired) electrons.